The summed E-state index contributed by atoms with van der Waals surface area (Å²) in [4.78, 5) is 34.8. The van der Waals surface area contributed by atoms with Crippen LogP contribution in [-0.2, 0) is 4.74 Å². The Bertz CT molecular complexity index is 808. The van der Waals surface area contributed by atoms with Crippen LogP contribution in [0.3, 0.4) is 0 Å². The summed E-state index contributed by atoms with van der Waals surface area (Å²) in [7, 11) is 0. The average molecular weight is 356 g/mol. The summed E-state index contributed by atoms with van der Waals surface area (Å²) >= 11 is 0. The van der Waals surface area contributed by atoms with Crippen molar-refractivity contribution in [1.82, 2.24) is 20.2 Å². The SMILES string of the molecule is CC(C)(C)OC(=O)N1CCC(NC(=O)c2cnc3ccccc3n2)CC1. The summed E-state index contributed by atoms with van der Waals surface area (Å²) in [6, 6.07) is 7.45. The van der Waals surface area contributed by atoms with Gasteiger partial charge in [-0.2, -0.15) is 0 Å². The van der Waals surface area contributed by atoms with E-state index in [-0.39, 0.29) is 18.0 Å². The Balaban J connectivity index is 1.55. The molecule has 1 fully saturated rings. The van der Waals surface area contributed by atoms with E-state index in [9.17, 15) is 9.59 Å². The first-order valence-electron chi connectivity index (χ1n) is 8.82. The van der Waals surface area contributed by atoms with E-state index >= 15 is 0 Å². The monoisotopic (exact) mass is 356 g/mol. The number of nitrogens with zero attached hydrogens (tertiary/aromatic N) is 3. The predicted molar refractivity (Wildman–Crippen MR) is 97.8 cm³/mol. The number of hydrogen-bond donors (Lipinski definition) is 1. The van der Waals surface area contributed by atoms with Crippen molar-refractivity contribution in [3.8, 4) is 0 Å². The lowest BCUT2D eigenvalue weighted by Gasteiger charge is -2.33. The molecule has 0 aliphatic carbocycles. The Hall–Kier alpha value is -2.70. The Morgan fingerprint density at radius 3 is 2.46 bits per heavy atom. The number of para-hydroxylation sites is 2. The summed E-state index contributed by atoms with van der Waals surface area (Å²) in [6.07, 6.45) is 2.56. The molecule has 0 bridgehead atoms. The number of benzene rings is 1. The van der Waals surface area contributed by atoms with Crippen LogP contribution in [0.2, 0.25) is 0 Å². The average Bonchev–Trinajstić information content (AvgIpc) is 2.60. The molecule has 0 unspecified atom stereocenters. The number of piperidine rings is 1. The first-order valence-corrected chi connectivity index (χ1v) is 8.82. The van der Waals surface area contributed by atoms with Crippen LogP contribution in [0.5, 0.6) is 0 Å². The predicted octanol–water partition coefficient (Wildman–Crippen LogP) is 2.76. The Morgan fingerprint density at radius 2 is 1.81 bits per heavy atom. The van der Waals surface area contributed by atoms with Gasteiger partial charge in [0.05, 0.1) is 17.2 Å². The van der Waals surface area contributed by atoms with Gasteiger partial charge >= 0.3 is 6.09 Å². The Labute approximate surface area is 152 Å². The van der Waals surface area contributed by atoms with Gasteiger partial charge in [-0.05, 0) is 45.7 Å². The molecule has 2 heterocycles. The zero-order valence-electron chi connectivity index (χ0n) is 15.4. The number of aromatic nitrogens is 2. The van der Waals surface area contributed by atoms with Crippen molar-refractivity contribution in [3.05, 3.63) is 36.2 Å². The van der Waals surface area contributed by atoms with Crippen LogP contribution in [0.15, 0.2) is 30.5 Å². The van der Waals surface area contributed by atoms with Gasteiger partial charge < -0.3 is 15.0 Å². The zero-order chi connectivity index (χ0) is 18.7. The van der Waals surface area contributed by atoms with E-state index in [4.69, 9.17) is 4.74 Å². The molecule has 0 saturated carbocycles. The van der Waals surface area contributed by atoms with Crippen molar-refractivity contribution in [2.24, 2.45) is 0 Å². The van der Waals surface area contributed by atoms with Crippen molar-refractivity contribution >= 4 is 23.0 Å². The molecule has 1 aromatic carbocycles. The third-order valence-corrected chi connectivity index (χ3v) is 4.16. The van der Waals surface area contributed by atoms with Crippen LogP contribution in [0.1, 0.15) is 44.1 Å². The number of carbonyl (C=O) groups excluding carboxylic acids is 2. The topological polar surface area (TPSA) is 84.4 Å². The molecule has 1 saturated heterocycles. The summed E-state index contributed by atoms with van der Waals surface area (Å²) in [5, 5.41) is 2.99. The van der Waals surface area contributed by atoms with Gasteiger partial charge in [-0.25, -0.2) is 9.78 Å². The van der Waals surface area contributed by atoms with Crippen molar-refractivity contribution in [1.29, 1.82) is 0 Å². The fourth-order valence-corrected chi connectivity index (χ4v) is 2.86. The van der Waals surface area contributed by atoms with Crippen LogP contribution in [0.25, 0.3) is 11.0 Å². The van der Waals surface area contributed by atoms with E-state index < -0.39 is 5.60 Å². The lowest BCUT2D eigenvalue weighted by Crippen LogP contribution is -2.47. The number of fused-ring (bicyclic) bond motifs is 1. The number of amides is 2. The highest BCUT2D eigenvalue weighted by atomic mass is 16.6. The molecule has 3 rings (SSSR count). The molecule has 1 aliphatic heterocycles. The first-order chi connectivity index (χ1) is 12.3. The first kappa shape index (κ1) is 18.1. The molecule has 7 heteroatoms. The summed E-state index contributed by atoms with van der Waals surface area (Å²) in [5.41, 5.74) is 1.25. The summed E-state index contributed by atoms with van der Waals surface area (Å²) in [6.45, 7) is 6.67. The minimum Gasteiger partial charge on any atom is -0.444 e. The maximum atomic E-state index is 12.4. The second kappa shape index (κ2) is 7.27. The smallest absolute Gasteiger partial charge is 0.410 e. The molecule has 0 atom stereocenters. The molecule has 7 nitrogen and oxygen atoms in total. The van der Waals surface area contributed by atoms with Crippen molar-refractivity contribution in [2.45, 2.75) is 45.3 Å². The van der Waals surface area contributed by atoms with Crippen molar-refractivity contribution in [3.63, 3.8) is 0 Å². The van der Waals surface area contributed by atoms with Gasteiger partial charge in [-0.1, -0.05) is 12.1 Å². The van der Waals surface area contributed by atoms with Crippen LogP contribution in [-0.4, -0.2) is 51.6 Å². The molecular weight excluding hydrogens is 332 g/mol. The van der Waals surface area contributed by atoms with Gasteiger partial charge in [0.2, 0.25) is 0 Å². The highest BCUT2D eigenvalue weighted by Crippen LogP contribution is 2.16. The molecule has 2 aromatic rings. The van der Waals surface area contributed by atoms with Crippen molar-refractivity contribution < 1.29 is 14.3 Å². The molecule has 2 amide bonds. The maximum absolute atomic E-state index is 12.4. The van der Waals surface area contributed by atoms with Gasteiger partial charge in [0, 0.05) is 19.1 Å². The van der Waals surface area contributed by atoms with Gasteiger partial charge in [-0.15, -0.1) is 0 Å². The summed E-state index contributed by atoms with van der Waals surface area (Å²) < 4.78 is 5.39. The quantitative estimate of drug-likeness (QED) is 0.894. The summed E-state index contributed by atoms with van der Waals surface area (Å²) in [5.74, 6) is -0.237. The fraction of sp³-hybridized carbons (Fsp3) is 0.474. The molecule has 26 heavy (non-hydrogen) atoms. The fourth-order valence-electron chi connectivity index (χ4n) is 2.86. The van der Waals surface area contributed by atoms with Crippen molar-refractivity contribution in [2.75, 3.05) is 13.1 Å². The Kier molecular flexibility index (Phi) is 5.06. The second-order valence-corrected chi connectivity index (χ2v) is 7.46. The minimum atomic E-state index is -0.503. The minimum absolute atomic E-state index is 0.00876. The largest absolute Gasteiger partial charge is 0.444 e. The number of ether oxygens (including phenoxy) is 1. The van der Waals surface area contributed by atoms with E-state index in [0.717, 1.165) is 5.52 Å². The molecule has 138 valence electrons. The van der Waals surface area contributed by atoms with Crippen LogP contribution in [0, 0.1) is 0 Å². The zero-order valence-corrected chi connectivity index (χ0v) is 15.4. The number of nitrogens with one attached hydrogen (secondary N) is 1. The number of carbonyl (C=O) groups is 2. The number of likely N-dealkylation sites (tertiary alicyclic amines) is 1. The van der Waals surface area contributed by atoms with Gasteiger partial charge in [0.25, 0.3) is 5.91 Å². The highest BCUT2D eigenvalue weighted by molar-refractivity contribution is 5.93. The molecule has 0 spiro atoms. The Morgan fingerprint density at radius 1 is 1.15 bits per heavy atom. The lowest BCUT2D eigenvalue weighted by molar-refractivity contribution is 0.0199. The van der Waals surface area contributed by atoms with Crippen LogP contribution < -0.4 is 5.32 Å². The van der Waals surface area contributed by atoms with Gasteiger partial charge in [-0.3, -0.25) is 9.78 Å². The second-order valence-electron chi connectivity index (χ2n) is 7.46. The highest BCUT2D eigenvalue weighted by Gasteiger charge is 2.27. The van der Waals surface area contributed by atoms with E-state index in [1.54, 1.807) is 4.90 Å². The van der Waals surface area contributed by atoms with Crippen LogP contribution >= 0.6 is 0 Å². The molecule has 1 aromatic heterocycles. The molecular formula is C19H24N4O3. The van der Waals surface area contributed by atoms with E-state index in [1.807, 2.05) is 45.0 Å². The van der Waals surface area contributed by atoms with E-state index in [0.29, 0.717) is 37.1 Å². The number of hydrogen-bond acceptors (Lipinski definition) is 5. The number of rotatable bonds is 2. The third-order valence-electron chi connectivity index (χ3n) is 4.16. The van der Waals surface area contributed by atoms with Gasteiger partial charge in [0.15, 0.2) is 0 Å². The van der Waals surface area contributed by atoms with Crippen LogP contribution in [0.4, 0.5) is 4.79 Å². The molecule has 1 N–H and O–H groups in total. The molecule has 0 radical (unpaired) electrons. The molecule has 1 aliphatic rings. The van der Waals surface area contributed by atoms with E-state index in [2.05, 4.69) is 15.3 Å². The maximum Gasteiger partial charge on any atom is 0.410 e. The third kappa shape index (κ3) is 4.47. The standard InChI is InChI=1S/C19H24N4O3/c1-19(2,3)26-18(25)23-10-8-13(9-11-23)21-17(24)16-12-20-14-6-4-5-7-15(14)22-16/h4-7,12-13H,8-11H2,1-3H3,(H,21,24). The van der Waals surface area contributed by atoms with Gasteiger partial charge in [0.1, 0.15) is 11.3 Å². The lowest BCUT2D eigenvalue weighted by atomic mass is 10.1. The normalized spacial score (nSPS) is 15.7. The van der Waals surface area contributed by atoms with E-state index in [1.165, 1.54) is 6.20 Å².